The topological polar surface area (TPSA) is 9.23 Å². The summed E-state index contributed by atoms with van der Waals surface area (Å²) in [5, 5.41) is 0. The molecule has 0 spiro atoms. The summed E-state index contributed by atoms with van der Waals surface area (Å²) < 4.78 is 84.9. The first-order chi connectivity index (χ1) is 10.7. The third kappa shape index (κ3) is 4.48. The second kappa shape index (κ2) is 6.62. The summed E-state index contributed by atoms with van der Waals surface area (Å²) in [7, 11) is 0. The van der Waals surface area contributed by atoms with E-state index in [0.29, 0.717) is 0 Å². The van der Waals surface area contributed by atoms with Gasteiger partial charge in [0.05, 0.1) is 0 Å². The fourth-order valence-electron chi connectivity index (χ4n) is 1.86. The van der Waals surface area contributed by atoms with Crippen molar-refractivity contribution in [1.82, 2.24) is 0 Å². The van der Waals surface area contributed by atoms with Gasteiger partial charge in [-0.25, -0.2) is 8.78 Å². The van der Waals surface area contributed by atoms with Crippen molar-refractivity contribution >= 4 is 0 Å². The Balaban J connectivity index is 1.97. The fraction of sp³-hybridized carbons (Fsp3) is 0.250. The van der Waals surface area contributed by atoms with Crippen molar-refractivity contribution < 1.29 is 31.1 Å². The van der Waals surface area contributed by atoms with Crippen molar-refractivity contribution in [3.63, 3.8) is 0 Å². The van der Waals surface area contributed by atoms with Crippen LogP contribution in [0.15, 0.2) is 48.5 Å². The zero-order valence-corrected chi connectivity index (χ0v) is 11.7. The number of alkyl halides is 4. The van der Waals surface area contributed by atoms with Crippen LogP contribution in [0.4, 0.5) is 26.3 Å². The first-order valence-electron chi connectivity index (χ1n) is 6.56. The Morgan fingerprint density at radius 1 is 0.609 bits per heavy atom. The smallest absolute Gasteiger partial charge is 0.296 e. The van der Waals surface area contributed by atoms with Crippen LogP contribution in [0.1, 0.15) is 11.1 Å². The van der Waals surface area contributed by atoms with Crippen LogP contribution in [0.5, 0.6) is 0 Å². The van der Waals surface area contributed by atoms with Gasteiger partial charge in [0.2, 0.25) is 0 Å². The predicted octanol–water partition coefficient (Wildman–Crippen LogP) is 4.87. The van der Waals surface area contributed by atoms with Gasteiger partial charge >= 0.3 is 0 Å². The van der Waals surface area contributed by atoms with Gasteiger partial charge in [-0.05, 0) is 24.3 Å². The van der Waals surface area contributed by atoms with E-state index < -0.39 is 47.8 Å². The lowest BCUT2D eigenvalue weighted by Gasteiger charge is -2.20. The minimum absolute atomic E-state index is 0.538. The second-order valence-corrected chi connectivity index (χ2v) is 4.92. The van der Waals surface area contributed by atoms with Crippen LogP contribution >= 0.6 is 0 Å². The molecule has 2 aromatic rings. The lowest BCUT2D eigenvalue weighted by Crippen LogP contribution is -2.27. The minimum Gasteiger partial charge on any atom is -0.368 e. The summed E-state index contributed by atoms with van der Waals surface area (Å²) in [6, 6.07) is 6.81. The molecule has 1 nitrogen and oxygen atoms in total. The highest BCUT2D eigenvalue weighted by molar-refractivity contribution is 5.22. The van der Waals surface area contributed by atoms with Gasteiger partial charge in [-0.3, -0.25) is 0 Å². The number of hydrogen-bond acceptors (Lipinski definition) is 1. The molecule has 0 aliphatic heterocycles. The van der Waals surface area contributed by atoms with Crippen molar-refractivity contribution in [3.05, 3.63) is 71.3 Å². The van der Waals surface area contributed by atoms with Crippen LogP contribution in [-0.2, 0) is 16.6 Å². The zero-order valence-electron chi connectivity index (χ0n) is 11.7. The molecule has 0 atom stereocenters. The summed E-state index contributed by atoms with van der Waals surface area (Å²) in [4.78, 5) is 0. The van der Waals surface area contributed by atoms with E-state index in [2.05, 4.69) is 4.74 Å². The zero-order chi connectivity index (χ0) is 17.1. The van der Waals surface area contributed by atoms with Gasteiger partial charge in [0.1, 0.15) is 24.8 Å². The van der Waals surface area contributed by atoms with E-state index in [-0.39, 0.29) is 0 Å². The van der Waals surface area contributed by atoms with Crippen LogP contribution < -0.4 is 0 Å². The van der Waals surface area contributed by atoms with E-state index in [0.717, 1.165) is 48.5 Å². The predicted molar refractivity (Wildman–Crippen MR) is 71.4 cm³/mol. The van der Waals surface area contributed by atoms with Crippen molar-refractivity contribution in [2.45, 2.75) is 11.8 Å². The minimum atomic E-state index is -3.54. The van der Waals surface area contributed by atoms with E-state index in [1.165, 1.54) is 0 Å². The van der Waals surface area contributed by atoms with Crippen LogP contribution in [0, 0.1) is 11.6 Å². The molecule has 0 fully saturated rings. The molecule has 0 aromatic heterocycles. The van der Waals surface area contributed by atoms with Gasteiger partial charge in [-0.2, -0.15) is 17.6 Å². The Bertz CT molecular complexity index is 579. The highest BCUT2D eigenvalue weighted by atomic mass is 19.3. The van der Waals surface area contributed by atoms with Gasteiger partial charge in [-0.1, -0.05) is 24.3 Å². The SMILES string of the molecule is Fc1ccc(C(F)(F)COCC(F)(F)c2ccc(F)cc2)cc1. The molecular formula is C16H12F6O. The lowest BCUT2D eigenvalue weighted by atomic mass is 10.1. The summed E-state index contributed by atoms with van der Waals surface area (Å²) in [6.07, 6.45) is 0. The standard InChI is InChI=1S/C16H12F6O/c17-13-5-1-11(2-6-13)15(19,20)9-23-10-16(21,22)12-3-7-14(18)8-4-12/h1-8H,9-10H2. The monoisotopic (exact) mass is 334 g/mol. The molecule has 0 amide bonds. The number of benzene rings is 2. The number of hydrogen-bond donors (Lipinski definition) is 0. The number of halogens is 6. The maximum atomic E-state index is 13.8. The van der Waals surface area contributed by atoms with E-state index in [1.807, 2.05) is 0 Å². The second-order valence-electron chi connectivity index (χ2n) is 4.92. The first kappa shape index (κ1) is 17.3. The molecular weight excluding hydrogens is 322 g/mol. The Labute approximate surface area is 128 Å². The van der Waals surface area contributed by atoms with Crippen molar-refractivity contribution in [2.75, 3.05) is 13.2 Å². The Morgan fingerprint density at radius 3 is 1.22 bits per heavy atom. The maximum absolute atomic E-state index is 13.8. The molecule has 124 valence electrons. The van der Waals surface area contributed by atoms with Crippen molar-refractivity contribution in [3.8, 4) is 0 Å². The molecule has 0 heterocycles. The third-order valence-electron chi connectivity index (χ3n) is 3.10. The Hall–Kier alpha value is -2.02. The molecule has 0 aliphatic carbocycles. The number of ether oxygens (including phenoxy) is 1. The molecule has 2 aromatic carbocycles. The van der Waals surface area contributed by atoms with E-state index >= 15 is 0 Å². The van der Waals surface area contributed by atoms with E-state index in [1.54, 1.807) is 0 Å². The molecule has 0 radical (unpaired) electrons. The Kier molecular flexibility index (Phi) is 4.99. The van der Waals surface area contributed by atoms with Gasteiger partial charge < -0.3 is 4.74 Å². The van der Waals surface area contributed by atoms with Crippen molar-refractivity contribution in [1.29, 1.82) is 0 Å². The summed E-state index contributed by atoms with van der Waals surface area (Å²) in [5.74, 6) is -8.44. The Morgan fingerprint density at radius 2 is 0.913 bits per heavy atom. The molecule has 7 heteroatoms. The molecule has 2 rings (SSSR count). The summed E-state index contributed by atoms with van der Waals surface area (Å²) >= 11 is 0. The lowest BCUT2D eigenvalue weighted by molar-refractivity contribution is -0.136. The molecule has 0 saturated carbocycles. The average molecular weight is 334 g/mol. The largest absolute Gasteiger partial charge is 0.368 e. The van der Waals surface area contributed by atoms with Crippen molar-refractivity contribution in [2.24, 2.45) is 0 Å². The van der Waals surface area contributed by atoms with Gasteiger partial charge in [-0.15, -0.1) is 0 Å². The molecule has 23 heavy (non-hydrogen) atoms. The summed E-state index contributed by atoms with van der Waals surface area (Å²) in [6.45, 7) is -2.56. The highest BCUT2D eigenvalue weighted by Crippen LogP contribution is 2.32. The molecule has 0 aliphatic rings. The third-order valence-corrected chi connectivity index (χ3v) is 3.10. The van der Waals surface area contributed by atoms with Gasteiger partial charge in [0.15, 0.2) is 0 Å². The fourth-order valence-corrected chi connectivity index (χ4v) is 1.86. The number of rotatable bonds is 6. The van der Waals surface area contributed by atoms with Crippen LogP contribution in [0.3, 0.4) is 0 Å². The summed E-state index contributed by atoms with van der Waals surface area (Å²) in [5.41, 5.74) is -1.08. The molecule has 0 saturated heterocycles. The molecule has 0 N–H and O–H groups in total. The van der Waals surface area contributed by atoms with Crippen LogP contribution in [0.2, 0.25) is 0 Å². The van der Waals surface area contributed by atoms with Gasteiger partial charge in [0, 0.05) is 11.1 Å². The van der Waals surface area contributed by atoms with Crippen LogP contribution in [-0.4, -0.2) is 13.2 Å². The highest BCUT2D eigenvalue weighted by Gasteiger charge is 2.36. The van der Waals surface area contributed by atoms with E-state index in [9.17, 15) is 26.3 Å². The normalized spacial score (nSPS) is 12.4. The maximum Gasteiger partial charge on any atom is 0.296 e. The van der Waals surface area contributed by atoms with E-state index in [4.69, 9.17) is 0 Å². The molecule has 0 unspecified atom stereocenters. The first-order valence-corrected chi connectivity index (χ1v) is 6.56. The molecule has 0 bridgehead atoms. The quantitative estimate of drug-likeness (QED) is 0.685. The van der Waals surface area contributed by atoms with Gasteiger partial charge in [0.25, 0.3) is 11.8 Å². The van der Waals surface area contributed by atoms with Crippen LogP contribution in [0.25, 0.3) is 0 Å². The average Bonchev–Trinajstić information content (AvgIpc) is 2.47.